The maximum atomic E-state index is 13.8. The number of phenolic OH excluding ortho intramolecular Hbond substituents is 1. The van der Waals surface area contributed by atoms with Crippen LogP contribution in [-0.4, -0.2) is 15.6 Å². The number of carbonyl (C=O) groups excluding carboxylic acids is 1. The van der Waals surface area contributed by atoms with Crippen LogP contribution < -0.4 is 20.2 Å². The molecule has 0 aliphatic carbocycles. The SMILES string of the molecule is CC1=C(C(=O)Nc2ccccc2)[C@H](c2ccc(Cl)cc2)n2c(s/c(=C\c3cc(Cl)cc(Br)c3O)c2=O)=N1. The second kappa shape index (κ2) is 10.3. The van der Waals surface area contributed by atoms with Gasteiger partial charge in [-0.15, -0.1) is 0 Å². The first-order valence-corrected chi connectivity index (χ1v) is 13.4. The number of nitrogens with one attached hydrogen (secondary N) is 1. The van der Waals surface area contributed by atoms with Gasteiger partial charge in [0.1, 0.15) is 5.75 Å². The summed E-state index contributed by atoms with van der Waals surface area (Å²) in [5, 5.41) is 14.3. The average Bonchev–Trinajstić information content (AvgIpc) is 3.16. The van der Waals surface area contributed by atoms with E-state index in [2.05, 4.69) is 26.2 Å². The van der Waals surface area contributed by atoms with Crippen LogP contribution in [0.4, 0.5) is 5.69 Å². The second-order valence-electron chi connectivity index (χ2n) is 8.28. The molecule has 1 aromatic heterocycles. The number of fused-ring (bicyclic) bond motifs is 1. The van der Waals surface area contributed by atoms with E-state index in [0.29, 0.717) is 51.9 Å². The fourth-order valence-electron chi connectivity index (χ4n) is 4.13. The van der Waals surface area contributed by atoms with Gasteiger partial charge in [-0.1, -0.05) is 64.9 Å². The zero-order valence-electron chi connectivity index (χ0n) is 19.2. The average molecular weight is 615 g/mol. The number of nitrogens with zero attached hydrogens (tertiary/aromatic N) is 2. The van der Waals surface area contributed by atoms with Crippen molar-refractivity contribution in [3.05, 3.63) is 123 Å². The fraction of sp³-hybridized carbons (Fsp3) is 0.0741. The molecule has 1 amide bonds. The molecule has 10 heteroatoms. The van der Waals surface area contributed by atoms with Crippen LogP contribution in [0.5, 0.6) is 5.75 Å². The van der Waals surface area contributed by atoms with Crippen LogP contribution in [0.15, 0.2) is 92.3 Å². The van der Waals surface area contributed by atoms with Gasteiger partial charge < -0.3 is 10.4 Å². The summed E-state index contributed by atoms with van der Waals surface area (Å²) >= 11 is 16.7. The third kappa shape index (κ3) is 5.02. The largest absolute Gasteiger partial charge is 0.506 e. The Morgan fingerprint density at radius 1 is 1.11 bits per heavy atom. The van der Waals surface area contributed by atoms with E-state index in [9.17, 15) is 14.7 Å². The number of hydrogen-bond donors (Lipinski definition) is 2. The maximum Gasteiger partial charge on any atom is 0.271 e. The van der Waals surface area contributed by atoms with Crippen LogP contribution in [0.1, 0.15) is 24.1 Å². The summed E-state index contributed by atoms with van der Waals surface area (Å²) in [7, 11) is 0. The van der Waals surface area contributed by atoms with Crippen LogP contribution in [0, 0.1) is 0 Å². The lowest BCUT2D eigenvalue weighted by atomic mass is 9.95. The number of rotatable bonds is 4. The number of para-hydroxylation sites is 1. The smallest absolute Gasteiger partial charge is 0.271 e. The number of aromatic nitrogens is 1. The van der Waals surface area contributed by atoms with Gasteiger partial charge in [-0.25, -0.2) is 4.99 Å². The van der Waals surface area contributed by atoms with Gasteiger partial charge in [0.2, 0.25) is 0 Å². The number of thiazole rings is 1. The standard InChI is InChI=1S/C27H18BrCl2N3O3S/c1-14-22(25(35)32-19-5-3-2-4-6-19)23(15-7-9-17(29)10-8-15)33-26(36)21(37-27(33)31-14)12-16-11-18(30)13-20(28)24(16)34/h2-13,23,34H,1H3,(H,32,35)/b21-12-/t23-/m0/s1. The summed E-state index contributed by atoms with van der Waals surface area (Å²) in [5.74, 6) is -0.401. The molecule has 1 aliphatic rings. The topological polar surface area (TPSA) is 83.7 Å². The molecular weight excluding hydrogens is 597 g/mol. The highest BCUT2D eigenvalue weighted by Gasteiger charge is 2.32. The minimum absolute atomic E-state index is 0.0383. The van der Waals surface area contributed by atoms with Crippen molar-refractivity contribution >= 4 is 68.1 Å². The van der Waals surface area contributed by atoms with Crippen LogP contribution in [0.3, 0.4) is 0 Å². The number of aromatic hydroxyl groups is 1. The molecule has 186 valence electrons. The summed E-state index contributed by atoms with van der Waals surface area (Å²) in [6, 6.07) is 18.5. The van der Waals surface area contributed by atoms with Gasteiger partial charge in [0.15, 0.2) is 4.80 Å². The molecule has 6 nitrogen and oxygen atoms in total. The number of halogens is 3. The molecule has 2 N–H and O–H groups in total. The normalized spacial score (nSPS) is 15.4. The number of carbonyl (C=O) groups is 1. The number of benzene rings is 3. The maximum absolute atomic E-state index is 13.8. The summed E-state index contributed by atoms with van der Waals surface area (Å²) in [4.78, 5) is 32.4. The number of anilines is 1. The van der Waals surface area contributed by atoms with Crippen molar-refractivity contribution in [2.75, 3.05) is 5.32 Å². The highest BCUT2D eigenvalue weighted by atomic mass is 79.9. The lowest BCUT2D eigenvalue weighted by molar-refractivity contribution is -0.113. The number of hydrogen-bond acceptors (Lipinski definition) is 5. The highest BCUT2D eigenvalue weighted by Crippen LogP contribution is 2.33. The molecule has 0 unspecified atom stereocenters. The van der Waals surface area contributed by atoms with Gasteiger partial charge in [-0.2, -0.15) is 0 Å². The minimum atomic E-state index is -0.737. The van der Waals surface area contributed by atoms with Gasteiger partial charge >= 0.3 is 0 Å². The molecule has 0 bridgehead atoms. The first kappa shape index (κ1) is 25.5. The molecule has 0 spiro atoms. The first-order valence-electron chi connectivity index (χ1n) is 11.1. The van der Waals surface area contributed by atoms with Gasteiger partial charge in [0.25, 0.3) is 11.5 Å². The molecule has 1 atom stereocenters. The monoisotopic (exact) mass is 613 g/mol. The Hall–Kier alpha value is -3.17. The van der Waals surface area contributed by atoms with E-state index in [4.69, 9.17) is 23.2 Å². The van der Waals surface area contributed by atoms with E-state index < -0.39 is 6.04 Å². The zero-order valence-corrected chi connectivity index (χ0v) is 23.1. The summed E-state index contributed by atoms with van der Waals surface area (Å²) < 4.78 is 2.25. The molecule has 0 saturated carbocycles. The molecule has 1 aliphatic heterocycles. The van der Waals surface area contributed by atoms with E-state index >= 15 is 0 Å². The lowest BCUT2D eigenvalue weighted by Crippen LogP contribution is -2.40. The van der Waals surface area contributed by atoms with E-state index in [1.54, 1.807) is 61.5 Å². The third-order valence-corrected chi connectivity index (χ3v) is 7.89. The van der Waals surface area contributed by atoms with Crippen LogP contribution in [0.2, 0.25) is 10.0 Å². The summed E-state index contributed by atoms with van der Waals surface area (Å²) in [6.07, 6.45) is 1.57. The van der Waals surface area contributed by atoms with Gasteiger partial charge in [0.05, 0.1) is 26.3 Å². The Morgan fingerprint density at radius 2 is 1.81 bits per heavy atom. The zero-order chi connectivity index (χ0) is 26.3. The fourth-order valence-corrected chi connectivity index (χ4v) is 6.13. The third-order valence-electron chi connectivity index (χ3n) is 5.83. The summed E-state index contributed by atoms with van der Waals surface area (Å²) in [5.41, 5.74) is 2.20. The van der Waals surface area contributed by atoms with Crippen molar-refractivity contribution in [3.63, 3.8) is 0 Å². The van der Waals surface area contributed by atoms with E-state index in [-0.39, 0.29) is 17.2 Å². The predicted octanol–water partition coefficient (Wildman–Crippen LogP) is 5.65. The van der Waals surface area contributed by atoms with Gasteiger partial charge in [-0.3, -0.25) is 14.2 Å². The molecule has 3 aromatic carbocycles. The van der Waals surface area contributed by atoms with Gasteiger partial charge in [0, 0.05) is 21.3 Å². The molecule has 37 heavy (non-hydrogen) atoms. The molecule has 0 fully saturated rings. The molecule has 5 rings (SSSR count). The predicted molar refractivity (Wildman–Crippen MR) is 151 cm³/mol. The van der Waals surface area contributed by atoms with E-state index in [0.717, 1.165) is 0 Å². The van der Waals surface area contributed by atoms with Crippen LogP contribution in [-0.2, 0) is 4.79 Å². The van der Waals surface area contributed by atoms with Crippen molar-refractivity contribution < 1.29 is 9.90 Å². The molecule has 0 saturated heterocycles. The number of amides is 1. The molecule has 4 aromatic rings. The highest BCUT2D eigenvalue weighted by molar-refractivity contribution is 9.10. The molecular formula is C27H18BrCl2N3O3S. The second-order valence-corrected chi connectivity index (χ2v) is 11.0. The van der Waals surface area contributed by atoms with E-state index in [1.165, 1.54) is 15.9 Å². The van der Waals surface area contributed by atoms with Crippen molar-refractivity contribution in [1.29, 1.82) is 0 Å². The number of phenols is 1. The minimum Gasteiger partial charge on any atom is -0.506 e. The Balaban J connectivity index is 1.70. The van der Waals surface area contributed by atoms with Crippen molar-refractivity contribution in [2.24, 2.45) is 4.99 Å². The van der Waals surface area contributed by atoms with Crippen molar-refractivity contribution in [1.82, 2.24) is 4.57 Å². The Morgan fingerprint density at radius 3 is 2.51 bits per heavy atom. The Labute approximate surface area is 234 Å². The van der Waals surface area contributed by atoms with Crippen molar-refractivity contribution in [3.8, 4) is 5.75 Å². The lowest BCUT2D eigenvalue weighted by Gasteiger charge is -2.25. The first-order chi connectivity index (χ1) is 17.7. The van der Waals surface area contributed by atoms with E-state index in [1.807, 2.05) is 18.2 Å². The quantitative estimate of drug-likeness (QED) is 0.312. The Kier molecular flexibility index (Phi) is 7.09. The molecule has 0 radical (unpaired) electrons. The van der Waals surface area contributed by atoms with Crippen LogP contribution in [0.25, 0.3) is 6.08 Å². The summed E-state index contributed by atoms with van der Waals surface area (Å²) in [6.45, 7) is 1.75. The number of allylic oxidation sites excluding steroid dienone is 1. The van der Waals surface area contributed by atoms with Gasteiger partial charge in [-0.05, 0) is 70.9 Å². The molecule has 2 heterocycles. The van der Waals surface area contributed by atoms with Crippen LogP contribution >= 0.6 is 50.5 Å². The Bertz CT molecular complexity index is 1750. The van der Waals surface area contributed by atoms with Crippen molar-refractivity contribution in [2.45, 2.75) is 13.0 Å².